The lowest BCUT2D eigenvalue weighted by atomic mass is 10.2. The van der Waals surface area contributed by atoms with Crippen molar-refractivity contribution in [2.75, 3.05) is 12.9 Å². The van der Waals surface area contributed by atoms with E-state index in [1.807, 2.05) is 52.0 Å². The first kappa shape index (κ1) is 20.7. The van der Waals surface area contributed by atoms with E-state index in [-0.39, 0.29) is 17.8 Å². The van der Waals surface area contributed by atoms with Gasteiger partial charge in [-0.05, 0) is 45.9 Å². The molecule has 27 heavy (non-hydrogen) atoms. The minimum atomic E-state index is -0.242. The Morgan fingerprint density at radius 1 is 1.30 bits per heavy atom. The molecule has 2 aromatic rings. The van der Waals surface area contributed by atoms with E-state index < -0.39 is 0 Å². The van der Waals surface area contributed by atoms with Crippen LogP contribution in [-0.4, -0.2) is 41.1 Å². The van der Waals surface area contributed by atoms with Gasteiger partial charge in [-0.2, -0.15) is 5.10 Å². The maximum absolute atomic E-state index is 12.0. The predicted molar refractivity (Wildman–Crippen MR) is 107 cm³/mol. The molecule has 0 radical (unpaired) electrons. The lowest BCUT2D eigenvalue weighted by molar-refractivity contribution is -0.118. The van der Waals surface area contributed by atoms with Crippen LogP contribution in [0.2, 0.25) is 0 Å². The number of benzene rings is 1. The fraction of sp³-hybridized carbons (Fsp3) is 0.368. The number of aromatic nitrogens is 2. The molecule has 1 aromatic carbocycles. The number of hydrazone groups is 1. The van der Waals surface area contributed by atoms with E-state index in [1.54, 1.807) is 7.11 Å². The summed E-state index contributed by atoms with van der Waals surface area (Å²) in [5, 5.41) is 4.59. The maximum atomic E-state index is 12.0. The second-order valence-electron chi connectivity index (χ2n) is 6.06. The van der Waals surface area contributed by atoms with Crippen LogP contribution in [0.3, 0.4) is 0 Å². The summed E-state index contributed by atoms with van der Waals surface area (Å²) >= 11 is 1.27. The van der Waals surface area contributed by atoms with Crippen LogP contribution in [0.15, 0.2) is 34.5 Å². The lowest BCUT2D eigenvalue weighted by Crippen LogP contribution is -2.20. The Morgan fingerprint density at radius 3 is 2.63 bits per heavy atom. The second kappa shape index (κ2) is 9.91. The highest BCUT2D eigenvalue weighted by atomic mass is 32.2. The van der Waals surface area contributed by atoms with Crippen molar-refractivity contribution in [1.82, 2.24) is 15.4 Å². The highest BCUT2D eigenvalue weighted by molar-refractivity contribution is 7.99. The van der Waals surface area contributed by atoms with Crippen molar-refractivity contribution in [3.8, 4) is 11.5 Å². The minimum Gasteiger partial charge on any atom is -0.493 e. The van der Waals surface area contributed by atoms with Crippen molar-refractivity contribution in [1.29, 1.82) is 0 Å². The Hall–Kier alpha value is -2.61. The zero-order chi connectivity index (χ0) is 19.8. The van der Waals surface area contributed by atoms with Gasteiger partial charge in [0, 0.05) is 17.0 Å². The van der Waals surface area contributed by atoms with Gasteiger partial charge >= 0.3 is 0 Å². The average Bonchev–Trinajstić information content (AvgIpc) is 2.60. The van der Waals surface area contributed by atoms with Gasteiger partial charge < -0.3 is 9.47 Å². The molecule has 0 aliphatic rings. The quantitative estimate of drug-likeness (QED) is 0.324. The highest BCUT2D eigenvalue weighted by Crippen LogP contribution is 2.30. The molecule has 1 heterocycles. The van der Waals surface area contributed by atoms with Gasteiger partial charge in [0.05, 0.1) is 25.2 Å². The molecule has 1 N–H and O–H groups in total. The van der Waals surface area contributed by atoms with Gasteiger partial charge in [-0.15, -0.1) is 0 Å². The first-order chi connectivity index (χ1) is 12.9. The number of carbonyl (C=O) groups is 1. The molecule has 1 amide bonds. The van der Waals surface area contributed by atoms with Gasteiger partial charge in [-0.1, -0.05) is 17.8 Å². The summed E-state index contributed by atoms with van der Waals surface area (Å²) in [5.74, 6) is 1.13. The molecule has 144 valence electrons. The summed E-state index contributed by atoms with van der Waals surface area (Å²) < 4.78 is 11.1. The van der Waals surface area contributed by atoms with Crippen LogP contribution in [0.1, 0.15) is 30.8 Å². The fourth-order valence-electron chi connectivity index (χ4n) is 2.25. The largest absolute Gasteiger partial charge is 0.493 e. The zero-order valence-corrected chi connectivity index (χ0v) is 17.0. The molecule has 0 fully saturated rings. The standard InChI is InChI=1S/C19H24N4O3S/c1-12(2)26-18-15(7-6-8-16(18)25-5)10-20-23-17(24)11-27-19-21-13(3)9-14(4)22-19/h6-10,12H,11H2,1-5H3,(H,23,24)/b20-10-. The number of ether oxygens (including phenoxy) is 2. The third-order valence-corrected chi connectivity index (χ3v) is 4.12. The summed E-state index contributed by atoms with van der Waals surface area (Å²) in [7, 11) is 1.58. The van der Waals surface area contributed by atoms with Gasteiger partial charge in [-0.3, -0.25) is 4.79 Å². The minimum absolute atomic E-state index is 0.0165. The van der Waals surface area contributed by atoms with Crippen molar-refractivity contribution in [3.63, 3.8) is 0 Å². The number of rotatable bonds is 8. The molecule has 1 aromatic heterocycles. The Kier molecular flexibility index (Phi) is 7.60. The maximum Gasteiger partial charge on any atom is 0.250 e. The van der Waals surface area contributed by atoms with Crippen LogP contribution in [0.25, 0.3) is 0 Å². The van der Waals surface area contributed by atoms with E-state index >= 15 is 0 Å². The third kappa shape index (κ3) is 6.56. The highest BCUT2D eigenvalue weighted by Gasteiger charge is 2.11. The SMILES string of the molecule is COc1cccc(/C=N\NC(=O)CSc2nc(C)cc(C)n2)c1OC(C)C. The summed E-state index contributed by atoms with van der Waals surface area (Å²) in [6.45, 7) is 7.66. The molecule has 8 heteroatoms. The van der Waals surface area contributed by atoms with E-state index in [4.69, 9.17) is 9.47 Å². The number of para-hydroxylation sites is 1. The molecule has 0 aliphatic heterocycles. The van der Waals surface area contributed by atoms with Crippen LogP contribution in [0, 0.1) is 13.8 Å². The first-order valence-electron chi connectivity index (χ1n) is 8.49. The molecule has 0 spiro atoms. The topological polar surface area (TPSA) is 85.7 Å². The van der Waals surface area contributed by atoms with Gasteiger partial charge in [0.15, 0.2) is 16.7 Å². The number of nitrogens with zero attached hydrogens (tertiary/aromatic N) is 3. The van der Waals surface area contributed by atoms with Crippen molar-refractivity contribution < 1.29 is 14.3 Å². The summed E-state index contributed by atoms with van der Waals surface area (Å²) in [6.07, 6.45) is 1.52. The monoisotopic (exact) mass is 388 g/mol. The molecule has 0 saturated carbocycles. The number of methoxy groups -OCH3 is 1. The van der Waals surface area contributed by atoms with Crippen LogP contribution in [0.4, 0.5) is 0 Å². The molecule has 0 unspecified atom stereocenters. The number of hydrogen-bond donors (Lipinski definition) is 1. The lowest BCUT2D eigenvalue weighted by Gasteiger charge is -2.15. The second-order valence-corrected chi connectivity index (χ2v) is 7.00. The summed E-state index contributed by atoms with van der Waals surface area (Å²) in [6, 6.07) is 7.38. The van der Waals surface area contributed by atoms with E-state index in [1.165, 1.54) is 18.0 Å². The number of carbonyl (C=O) groups excluding carboxylic acids is 1. The van der Waals surface area contributed by atoms with Gasteiger partial charge in [-0.25, -0.2) is 15.4 Å². The predicted octanol–water partition coefficient (Wildman–Crippen LogP) is 3.13. The first-order valence-corrected chi connectivity index (χ1v) is 9.48. The Morgan fingerprint density at radius 2 is 2.00 bits per heavy atom. The van der Waals surface area contributed by atoms with Crippen molar-refractivity contribution in [2.45, 2.75) is 39.0 Å². The summed E-state index contributed by atoms with van der Waals surface area (Å²) in [5.41, 5.74) is 4.97. The number of amides is 1. The zero-order valence-electron chi connectivity index (χ0n) is 16.1. The van der Waals surface area contributed by atoms with Crippen molar-refractivity contribution >= 4 is 23.9 Å². The molecule has 7 nitrogen and oxygen atoms in total. The molecular formula is C19H24N4O3S. The summed E-state index contributed by atoms with van der Waals surface area (Å²) in [4.78, 5) is 20.6. The number of thioether (sulfide) groups is 1. The smallest absolute Gasteiger partial charge is 0.250 e. The Labute approximate surface area is 163 Å². The fourth-order valence-corrected chi connectivity index (χ4v) is 2.99. The molecule has 0 aliphatic carbocycles. The third-order valence-electron chi connectivity index (χ3n) is 3.27. The van der Waals surface area contributed by atoms with Crippen molar-refractivity contribution in [2.24, 2.45) is 5.10 Å². The van der Waals surface area contributed by atoms with Crippen LogP contribution in [0.5, 0.6) is 11.5 Å². The number of hydrogen-bond acceptors (Lipinski definition) is 7. The van der Waals surface area contributed by atoms with Gasteiger partial charge in [0.1, 0.15) is 0 Å². The molecule has 0 saturated heterocycles. The molecule has 0 atom stereocenters. The van der Waals surface area contributed by atoms with E-state index in [0.29, 0.717) is 22.2 Å². The van der Waals surface area contributed by atoms with Gasteiger partial charge in [0.2, 0.25) is 0 Å². The van der Waals surface area contributed by atoms with E-state index in [9.17, 15) is 4.79 Å². The number of nitrogens with one attached hydrogen (secondary N) is 1. The Bertz CT molecular complexity index is 804. The van der Waals surface area contributed by atoms with Crippen LogP contribution >= 0.6 is 11.8 Å². The number of aryl methyl sites for hydroxylation is 2. The normalized spacial score (nSPS) is 11.0. The van der Waals surface area contributed by atoms with Crippen LogP contribution < -0.4 is 14.9 Å². The van der Waals surface area contributed by atoms with Gasteiger partial charge in [0.25, 0.3) is 5.91 Å². The molecular weight excluding hydrogens is 364 g/mol. The van der Waals surface area contributed by atoms with E-state index in [2.05, 4.69) is 20.5 Å². The van der Waals surface area contributed by atoms with Crippen LogP contribution in [-0.2, 0) is 4.79 Å². The molecule has 2 rings (SSSR count). The molecule has 0 bridgehead atoms. The average molecular weight is 388 g/mol. The van der Waals surface area contributed by atoms with Crippen molar-refractivity contribution in [3.05, 3.63) is 41.2 Å². The van der Waals surface area contributed by atoms with E-state index in [0.717, 1.165) is 11.4 Å². The Balaban J connectivity index is 1.97.